The molecule has 0 aromatic carbocycles. The second-order valence-electron chi connectivity index (χ2n) is 4.69. The highest BCUT2D eigenvalue weighted by molar-refractivity contribution is 5.38. The summed E-state index contributed by atoms with van der Waals surface area (Å²) in [6.07, 6.45) is 1.67. The molecule has 1 fully saturated rings. The minimum absolute atomic E-state index is 0.686. The molecule has 0 radical (unpaired) electrons. The van der Waals surface area contributed by atoms with Crippen LogP contribution in [0.15, 0.2) is 6.20 Å². The standard InChI is InChI=1S/C13H24N6O/c1-3-19(4-2)13-16-12(11-15-17-13)14-5-6-18-7-9-20-10-8-18/h11H,3-10H2,1-2H3,(H,14,16,17). The predicted octanol–water partition coefficient (Wildman–Crippen LogP) is 0.462. The fourth-order valence-electron chi connectivity index (χ4n) is 2.19. The van der Waals surface area contributed by atoms with Crippen LogP contribution in [-0.4, -0.2) is 72.6 Å². The second-order valence-corrected chi connectivity index (χ2v) is 4.69. The Morgan fingerprint density at radius 1 is 1.30 bits per heavy atom. The maximum atomic E-state index is 5.33. The van der Waals surface area contributed by atoms with Gasteiger partial charge >= 0.3 is 0 Å². The SMILES string of the molecule is CCN(CC)c1nncc(NCCN2CCOCC2)n1. The molecule has 20 heavy (non-hydrogen) atoms. The minimum atomic E-state index is 0.686. The van der Waals surface area contributed by atoms with E-state index in [1.165, 1.54) is 0 Å². The zero-order valence-corrected chi connectivity index (χ0v) is 12.4. The topological polar surface area (TPSA) is 66.4 Å². The fraction of sp³-hybridized carbons (Fsp3) is 0.769. The van der Waals surface area contributed by atoms with E-state index in [2.05, 4.69) is 44.1 Å². The van der Waals surface area contributed by atoms with Crippen molar-refractivity contribution in [2.24, 2.45) is 0 Å². The Labute approximate surface area is 120 Å². The second kappa shape index (κ2) is 7.96. The van der Waals surface area contributed by atoms with Crippen molar-refractivity contribution in [2.75, 3.05) is 62.7 Å². The Morgan fingerprint density at radius 3 is 2.75 bits per heavy atom. The van der Waals surface area contributed by atoms with E-state index < -0.39 is 0 Å². The summed E-state index contributed by atoms with van der Waals surface area (Å²) >= 11 is 0. The van der Waals surface area contributed by atoms with Gasteiger partial charge in [0.05, 0.1) is 19.4 Å². The van der Waals surface area contributed by atoms with Crippen molar-refractivity contribution in [3.8, 4) is 0 Å². The number of hydrogen-bond acceptors (Lipinski definition) is 7. The van der Waals surface area contributed by atoms with Crippen molar-refractivity contribution < 1.29 is 4.74 Å². The van der Waals surface area contributed by atoms with Crippen LogP contribution in [0, 0.1) is 0 Å². The Bertz CT molecular complexity index is 392. The van der Waals surface area contributed by atoms with E-state index in [0.29, 0.717) is 5.95 Å². The van der Waals surface area contributed by atoms with Crippen LogP contribution in [0.2, 0.25) is 0 Å². The Morgan fingerprint density at radius 2 is 2.05 bits per heavy atom. The monoisotopic (exact) mass is 280 g/mol. The summed E-state index contributed by atoms with van der Waals surface area (Å²) < 4.78 is 5.33. The number of nitrogens with one attached hydrogen (secondary N) is 1. The van der Waals surface area contributed by atoms with E-state index in [9.17, 15) is 0 Å². The van der Waals surface area contributed by atoms with Gasteiger partial charge in [-0.2, -0.15) is 10.1 Å². The molecule has 1 saturated heterocycles. The molecule has 0 saturated carbocycles. The van der Waals surface area contributed by atoms with Gasteiger partial charge in [0.25, 0.3) is 0 Å². The van der Waals surface area contributed by atoms with Gasteiger partial charge in [0.15, 0.2) is 5.82 Å². The van der Waals surface area contributed by atoms with E-state index >= 15 is 0 Å². The molecular formula is C13H24N6O. The zero-order chi connectivity index (χ0) is 14.2. The average Bonchev–Trinajstić information content (AvgIpc) is 2.50. The molecule has 112 valence electrons. The lowest BCUT2D eigenvalue weighted by molar-refractivity contribution is 0.0398. The molecule has 0 unspecified atom stereocenters. The maximum absolute atomic E-state index is 5.33. The first-order valence-electron chi connectivity index (χ1n) is 7.32. The van der Waals surface area contributed by atoms with Crippen LogP contribution in [0.3, 0.4) is 0 Å². The van der Waals surface area contributed by atoms with E-state index in [-0.39, 0.29) is 0 Å². The number of anilines is 2. The largest absolute Gasteiger partial charge is 0.379 e. The average molecular weight is 280 g/mol. The number of nitrogens with zero attached hydrogens (tertiary/aromatic N) is 5. The third-order valence-electron chi connectivity index (χ3n) is 3.43. The summed E-state index contributed by atoms with van der Waals surface area (Å²) in [7, 11) is 0. The first-order valence-corrected chi connectivity index (χ1v) is 7.32. The normalized spacial score (nSPS) is 16.1. The summed E-state index contributed by atoms with van der Waals surface area (Å²) in [6, 6.07) is 0. The van der Waals surface area contributed by atoms with Gasteiger partial charge in [0.1, 0.15) is 0 Å². The Balaban J connectivity index is 1.81. The Kier molecular flexibility index (Phi) is 5.94. The molecule has 1 aliphatic rings. The highest BCUT2D eigenvalue weighted by Crippen LogP contribution is 2.08. The van der Waals surface area contributed by atoms with Crippen LogP contribution in [0.25, 0.3) is 0 Å². The van der Waals surface area contributed by atoms with Crippen LogP contribution in [-0.2, 0) is 4.74 Å². The number of rotatable bonds is 7. The molecule has 0 spiro atoms. The van der Waals surface area contributed by atoms with E-state index in [4.69, 9.17) is 4.74 Å². The molecule has 1 aromatic rings. The maximum Gasteiger partial charge on any atom is 0.247 e. The van der Waals surface area contributed by atoms with Crippen molar-refractivity contribution in [2.45, 2.75) is 13.8 Å². The van der Waals surface area contributed by atoms with Crippen LogP contribution < -0.4 is 10.2 Å². The van der Waals surface area contributed by atoms with Gasteiger partial charge < -0.3 is 15.0 Å². The summed E-state index contributed by atoms with van der Waals surface area (Å²) in [5.74, 6) is 1.47. The molecule has 7 heteroatoms. The number of hydrogen-bond donors (Lipinski definition) is 1. The lowest BCUT2D eigenvalue weighted by Crippen LogP contribution is -2.39. The Hall–Kier alpha value is -1.47. The highest BCUT2D eigenvalue weighted by Gasteiger charge is 2.10. The lowest BCUT2D eigenvalue weighted by Gasteiger charge is -2.26. The third-order valence-corrected chi connectivity index (χ3v) is 3.43. The third kappa shape index (κ3) is 4.28. The predicted molar refractivity (Wildman–Crippen MR) is 79.1 cm³/mol. The van der Waals surface area contributed by atoms with Crippen LogP contribution >= 0.6 is 0 Å². The minimum Gasteiger partial charge on any atom is -0.379 e. The van der Waals surface area contributed by atoms with Crippen molar-refractivity contribution in [1.82, 2.24) is 20.1 Å². The number of aromatic nitrogens is 3. The quantitative estimate of drug-likeness (QED) is 0.778. The fourth-order valence-corrected chi connectivity index (χ4v) is 2.19. The molecule has 0 atom stereocenters. The molecule has 1 N–H and O–H groups in total. The van der Waals surface area contributed by atoms with Gasteiger partial charge in [-0.05, 0) is 13.8 Å². The van der Waals surface area contributed by atoms with E-state index in [1.807, 2.05) is 0 Å². The van der Waals surface area contributed by atoms with Gasteiger partial charge in [-0.1, -0.05) is 0 Å². The van der Waals surface area contributed by atoms with Crippen molar-refractivity contribution >= 4 is 11.8 Å². The van der Waals surface area contributed by atoms with Gasteiger partial charge in [-0.25, -0.2) is 0 Å². The van der Waals surface area contributed by atoms with Gasteiger partial charge in [-0.15, -0.1) is 5.10 Å². The summed E-state index contributed by atoms with van der Waals surface area (Å²) in [4.78, 5) is 8.96. The first kappa shape index (κ1) is 14.9. The van der Waals surface area contributed by atoms with Crippen LogP contribution in [0.5, 0.6) is 0 Å². The van der Waals surface area contributed by atoms with Crippen molar-refractivity contribution in [3.05, 3.63) is 6.20 Å². The molecule has 0 amide bonds. The van der Waals surface area contributed by atoms with Gasteiger partial charge in [0.2, 0.25) is 5.95 Å². The molecule has 7 nitrogen and oxygen atoms in total. The van der Waals surface area contributed by atoms with E-state index in [0.717, 1.165) is 58.3 Å². The number of ether oxygens (including phenoxy) is 1. The van der Waals surface area contributed by atoms with E-state index in [1.54, 1.807) is 6.20 Å². The van der Waals surface area contributed by atoms with Gasteiger partial charge in [-0.3, -0.25) is 4.90 Å². The van der Waals surface area contributed by atoms with Crippen LogP contribution in [0.4, 0.5) is 11.8 Å². The molecular weight excluding hydrogens is 256 g/mol. The van der Waals surface area contributed by atoms with Gasteiger partial charge in [0, 0.05) is 39.3 Å². The molecule has 1 aliphatic heterocycles. The van der Waals surface area contributed by atoms with Crippen LogP contribution in [0.1, 0.15) is 13.8 Å². The molecule has 2 heterocycles. The summed E-state index contributed by atoms with van der Waals surface area (Å²) in [6.45, 7) is 11.5. The molecule has 1 aromatic heterocycles. The lowest BCUT2D eigenvalue weighted by atomic mass is 10.4. The summed E-state index contributed by atoms with van der Waals surface area (Å²) in [5, 5.41) is 11.4. The first-order chi connectivity index (χ1) is 9.83. The summed E-state index contributed by atoms with van der Waals surface area (Å²) in [5.41, 5.74) is 0. The molecule has 2 rings (SSSR count). The smallest absolute Gasteiger partial charge is 0.247 e. The molecule has 0 aliphatic carbocycles. The van der Waals surface area contributed by atoms with Crippen molar-refractivity contribution in [3.63, 3.8) is 0 Å². The zero-order valence-electron chi connectivity index (χ0n) is 12.4. The number of morpholine rings is 1. The van der Waals surface area contributed by atoms with Crippen molar-refractivity contribution in [1.29, 1.82) is 0 Å². The highest BCUT2D eigenvalue weighted by atomic mass is 16.5. The molecule has 0 bridgehead atoms.